The summed E-state index contributed by atoms with van der Waals surface area (Å²) >= 11 is 3.68. The Morgan fingerprint density at radius 2 is 1.83 bits per heavy atom. The highest BCUT2D eigenvalue weighted by Crippen LogP contribution is 2.60. The standard InChI is InChI=1S/C27H38BrN3O5/c1-15(13-32)31-21(23(34)30-26(5,6)14-25(2,3)4)27-12-17(28)20(36-27)18(19(27)24(31)35)22(33)29-16-10-8-7-9-11-16/h7-11,15,17-21,32H,12-14H2,1-6H3,(H,29,33)(H,30,34)/t15-,17?,18-,19+,20-,21?,27?/m1/s1. The van der Waals surface area contributed by atoms with Gasteiger partial charge in [-0.05, 0) is 51.2 Å². The molecule has 3 fully saturated rings. The van der Waals surface area contributed by atoms with Crippen molar-refractivity contribution in [1.29, 1.82) is 0 Å². The van der Waals surface area contributed by atoms with Crippen molar-refractivity contribution in [2.75, 3.05) is 11.9 Å². The topological polar surface area (TPSA) is 108 Å². The van der Waals surface area contributed by atoms with Crippen LogP contribution in [-0.4, -0.2) is 68.5 Å². The largest absolute Gasteiger partial charge is 0.394 e. The number of benzene rings is 1. The van der Waals surface area contributed by atoms with Crippen molar-refractivity contribution in [2.24, 2.45) is 17.3 Å². The number of nitrogens with one attached hydrogen (secondary N) is 2. The number of ether oxygens (including phenoxy) is 1. The summed E-state index contributed by atoms with van der Waals surface area (Å²) in [5, 5.41) is 16.1. The monoisotopic (exact) mass is 563 g/mol. The van der Waals surface area contributed by atoms with E-state index in [2.05, 4.69) is 47.3 Å². The van der Waals surface area contributed by atoms with Gasteiger partial charge in [-0.1, -0.05) is 54.9 Å². The van der Waals surface area contributed by atoms with Gasteiger partial charge in [-0.25, -0.2) is 0 Å². The maximum Gasteiger partial charge on any atom is 0.246 e. The first-order chi connectivity index (χ1) is 16.7. The molecule has 2 bridgehead atoms. The number of hydrogen-bond donors (Lipinski definition) is 3. The number of aliphatic hydroxyl groups is 1. The van der Waals surface area contributed by atoms with E-state index in [1.807, 2.05) is 32.0 Å². The van der Waals surface area contributed by atoms with E-state index in [0.717, 1.165) is 6.42 Å². The van der Waals surface area contributed by atoms with Crippen LogP contribution in [0.1, 0.15) is 54.4 Å². The Morgan fingerprint density at radius 1 is 1.19 bits per heavy atom. The number of fused-ring (bicyclic) bond motifs is 1. The van der Waals surface area contributed by atoms with E-state index in [9.17, 15) is 19.5 Å². The summed E-state index contributed by atoms with van der Waals surface area (Å²) in [5.74, 6) is -2.51. The molecule has 1 spiro atoms. The Hall–Kier alpha value is -1.97. The summed E-state index contributed by atoms with van der Waals surface area (Å²) in [6.45, 7) is 11.7. The molecule has 3 heterocycles. The summed E-state index contributed by atoms with van der Waals surface area (Å²) in [7, 11) is 0. The SMILES string of the molecule is C[C@H](CO)N1C(=O)[C@@H]2[C@@H](C(=O)Nc3ccccc3)[C@@H]3OC2(CC3Br)C1C(=O)NC(C)(C)CC(C)(C)C. The zero-order valence-electron chi connectivity index (χ0n) is 21.9. The highest BCUT2D eigenvalue weighted by molar-refractivity contribution is 9.09. The van der Waals surface area contributed by atoms with Gasteiger partial charge in [-0.3, -0.25) is 14.4 Å². The van der Waals surface area contributed by atoms with E-state index < -0.39 is 41.2 Å². The third-order valence-electron chi connectivity index (χ3n) is 7.49. The van der Waals surface area contributed by atoms with Crippen LogP contribution in [-0.2, 0) is 19.1 Å². The maximum atomic E-state index is 13.9. The smallest absolute Gasteiger partial charge is 0.246 e. The zero-order valence-corrected chi connectivity index (χ0v) is 23.5. The van der Waals surface area contributed by atoms with Gasteiger partial charge in [0.1, 0.15) is 11.6 Å². The normalized spacial score (nSPS) is 32.4. The molecule has 36 heavy (non-hydrogen) atoms. The quantitative estimate of drug-likeness (QED) is 0.442. The number of anilines is 1. The molecule has 3 aliphatic heterocycles. The molecule has 3 saturated heterocycles. The lowest BCUT2D eigenvalue weighted by Crippen LogP contribution is -2.61. The Labute approximate surface area is 221 Å². The van der Waals surface area contributed by atoms with Gasteiger partial charge in [-0.15, -0.1) is 0 Å². The van der Waals surface area contributed by atoms with Crippen molar-refractivity contribution in [3.8, 4) is 0 Å². The fourth-order valence-corrected chi connectivity index (χ4v) is 7.69. The predicted octanol–water partition coefficient (Wildman–Crippen LogP) is 3.08. The number of carbonyl (C=O) groups is 3. The molecule has 1 aromatic carbocycles. The fourth-order valence-electron chi connectivity index (χ4n) is 6.75. The molecule has 3 unspecified atom stereocenters. The van der Waals surface area contributed by atoms with Crippen molar-refractivity contribution >= 4 is 39.3 Å². The number of carbonyl (C=O) groups excluding carboxylic acids is 3. The first-order valence-electron chi connectivity index (χ1n) is 12.6. The van der Waals surface area contributed by atoms with Crippen LogP contribution in [0.4, 0.5) is 5.69 Å². The van der Waals surface area contributed by atoms with Crippen LogP contribution in [0.3, 0.4) is 0 Å². The van der Waals surface area contributed by atoms with Gasteiger partial charge < -0.3 is 25.4 Å². The number of alkyl halides is 1. The highest BCUT2D eigenvalue weighted by Gasteiger charge is 2.77. The van der Waals surface area contributed by atoms with E-state index in [1.165, 1.54) is 4.90 Å². The Morgan fingerprint density at radius 3 is 2.42 bits per heavy atom. The minimum absolute atomic E-state index is 0.0228. The molecular formula is C27H38BrN3O5. The summed E-state index contributed by atoms with van der Waals surface area (Å²) in [5.41, 5.74) is -1.07. The molecule has 7 atom stereocenters. The number of hydrogen-bond acceptors (Lipinski definition) is 5. The van der Waals surface area contributed by atoms with Crippen LogP contribution < -0.4 is 10.6 Å². The van der Waals surface area contributed by atoms with Crippen molar-refractivity contribution in [3.05, 3.63) is 30.3 Å². The van der Waals surface area contributed by atoms with Gasteiger partial charge in [0.15, 0.2) is 0 Å². The number of para-hydroxylation sites is 1. The number of aliphatic hydroxyl groups excluding tert-OH is 1. The first-order valence-corrected chi connectivity index (χ1v) is 13.6. The lowest BCUT2D eigenvalue weighted by Gasteiger charge is -2.39. The molecule has 3 aliphatic rings. The molecule has 0 aliphatic carbocycles. The lowest BCUT2D eigenvalue weighted by atomic mass is 9.70. The number of amides is 3. The third-order valence-corrected chi connectivity index (χ3v) is 8.34. The Balaban J connectivity index is 1.69. The minimum atomic E-state index is -1.15. The van der Waals surface area contributed by atoms with Crippen LogP contribution in [0.15, 0.2) is 30.3 Å². The third kappa shape index (κ3) is 4.70. The minimum Gasteiger partial charge on any atom is -0.394 e. The Kier molecular flexibility index (Phi) is 7.07. The molecule has 0 aromatic heterocycles. The average Bonchev–Trinajstić information content (AvgIpc) is 3.35. The summed E-state index contributed by atoms with van der Waals surface area (Å²) in [6.07, 6.45) is 0.618. The Bertz CT molecular complexity index is 1030. The van der Waals surface area contributed by atoms with Crippen molar-refractivity contribution in [3.63, 3.8) is 0 Å². The van der Waals surface area contributed by atoms with Gasteiger partial charge in [0.05, 0.1) is 30.6 Å². The van der Waals surface area contributed by atoms with E-state index in [0.29, 0.717) is 12.1 Å². The van der Waals surface area contributed by atoms with E-state index in [-0.39, 0.29) is 34.6 Å². The van der Waals surface area contributed by atoms with Crippen LogP contribution in [0.25, 0.3) is 0 Å². The zero-order chi connectivity index (χ0) is 26.6. The van der Waals surface area contributed by atoms with Crippen LogP contribution in [0.5, 0.6) is 0 Å². The van der Waals surface area contributed by atoms with Crippen LogP contribution >= 0.6 is 15.9 Å². The van der Waals surface area contributed by atoms with E-state index >= 15 is 0 Å². The molecule has 9 heteroatoms. The van der Waals surface area contributed by atoms with E-state index in [4.69, 9.17) is 4.74 Å². The summed E-state index contributed by atoms with van der Waals surface area (Å²) < 4.78 is 6.50. The predicted molar refractivity (Wildman–Crippen MR) is 140 cm³/mol. The lowest BCUT2D eigenvalue weighted by molar-refractivity contribution is -0.145. The molecule has 0 radical (unpaired) electrons. The van der Waals surface area contributed by atoms with Gasteiger partial charge in [-0.2, -0.15) is 0 Å². The number of halogens is 1. The molecule has 3 amide bonds. The summed E-state index contributed by atoms with van der Waals surface area (Å²) in [4.78, 5) is 42.6. The second kappa shape index (κ2) is 9.40. The first kappa shape index (κ1) is 27.1. The van der Waals surface area contributed by atoms with Crippen LogP contribution in [0.2, 0.25) is 0 Å². The maximum absolute atomic E-state index is 13.9. The molecule has 4 rings (SSSR count). The highest BCUT2D eigenvalue weighted by atomic mass is 79.9. The van der Waals surface area contributed by atoms with Crippen LogP contribution in [0, 0.1) is 17.3 Å². The average molecular weight is 565 g/mol. The van der Waals surface area contributed by atoms with Crippen molar-refractivity contribution < 1.29 is 24.2 Å². The molecule has 3 N–H and O–H groups in total. The van der Waals surface area contributed by atoms with Gasteiger partial charge in [0.25, 0.3) is 0 Å². The summed E-state index contributed by atoms with van der Waals surface area (Å²) in [6, 6.07) is 7.54. The molecular weight excluding hydrogens is 526 g/mol. The second-order valence-electron chi connectivity index (χ2n) is 12.4. The molecule has 0 saturated carbocycles. The number of likely N-dealkylation sites (tertiary alicyclic amines) is 1. The number of rotatable bonds is 7. The molecule has 1 aromatic rings. The fraction of sp³-hybridized carbons (Fsp3) is 0.667. The van der Waals surface area contributed by atoms with E-state index in [1.54, 1.807) is 19.1 Å². The number of nitrogens with zero attached hydrogens (tertiary/aromatic N) is 1. The second-order valence-corrected chi connectivity index (χ2v) is 13.6. The molecule has 198 valence electrons. The van der Waals surface area contributed by atoms with Crippen molar-refractivity contribution in [2.45, 2.75) is 88.5 Å². The van der Waals surface area contributed by atoms with Gasteiger partial charge in [0.2, 0.25) is 17.7 Å². The van der Waals surface area contributed by atoms with Gasteiger partial charge in [0, 0.05) is 16.1 Å². The molecule has 8 nitrogen and oxygen atoms in total. The van der Waals surface area contributed by atoms with Gasteiger partial charge >= 0.3 is 0 Å². The van der Waals surface area contributed by atoms with Crippen molar-refractivity contribution in [1.82, 2.24) is 10.2 Å².